The van der Waals surface area contributed by atoms with E-state index in [1.807, 2.05) is 0 Å². The van der Waals surface area contributed by atoms with Crippen LogP contribution in [0.5, 0.6) is 0 Å². The number of hydrogen-bond donors (Lipinski definition) is 3. The third-order valence-electron chi connectivity index (χ3n) is 2.66. The molecule has 1 amide bonds. The summed E-state index contributed by atoms with van der Waals surface area (Å²) in [4.78, 5) is 11.8. The summed E-state index contributed by atoms with van der Waals surface area (Å²) in [5, 5.41) is 12.1. The average molecular weight is 240 g/mol. The molecule has 0 saturated carbocycles. The minimum Gasteiger partial charge on any atom is -0.399 e. The van der Waals surface area contributed by atoms with E-state index in [9.17, 15) is 14.3 Å². The maximum Gasteiger partial charge on any atom is 0.251 e. The van der Waals surface area contributed by atoms with E-state index < -0.39 is 23.4 Å². The Balaban J connectivity index is 2.91. The summed E-state index contributed by atoms with van der Waals surface area (Å²) in [5.41, 5.74) is 4.98. The normalized spacial score (nSPS) is 13.2. The lowest BCUT2D eigenvalue weighted by atomic mass is 9.98. The molecule has 0 bridgehead atoms. The highest BCUT2D eigenvalue weighted by atomic mass is 19.1. The second kappa shape index (κ2) is 4.71. The van der Waals surface area contributed by atoms with E-state index in [0.717, 1.165) is 12.1 Å². The van der Waals surface area contributed by atoms with Gasteiger partial charge in [0, 0.05) is 11.3 Å². The molecular weight excluding hydrogens is 223 g/mol. The third-order valence-corrected chi connectivity index (χ3v) is 2.66. The van der Waals surface area contributed by atoms with Gasteiger partial charge in [0.25, 0.3) is 5.91 Å². The molecule has 0 spiro atoms. The van der Waals surface area contributed by atoms with Crippen LogP contribution in [0.3, 0.4) is 0 Å². The highest BCUT2D eigenvalue weighted by molar-refractivity contribution is 5.95. The summed E-state index contributed by atoms with van der Waals surface area (Å²) in [5.74, 6) is -1.04. The van der Waals surface area contributed by atoms with Gasteiger partial charge < -0.3 is 16.2 Å². The highest BCUT2D eigenvalue weighted by Crippen LogP contribution is 2.14. The van der Waals surface area contributed by atoms with Crippen molar-refractivity contribution >= 4 is 11.6 Å². The minimum atomic E-state index is -0.793. The van der Waals surface area contributed by atoms with Crippen LogP contribution < -0.4 is 11.1 Å². The first-order chi connectivity index (χ1) is 7.72. The maximum atomic E-state index is 13.1. The molecule has 5 heteroatoms. The van der Waals surface area contributed by atoms with E-state index in [0.29, 0.717) is 0 Å². The first-order valence-corrected chi connectivity index (χ1v) is 5.29. The van der Waals surface area contributed by atoms with Gasteiger partial charge in [-0.05, 0) is 39.0 Å². The fourth-order valence-corrected chi connectivity index (χ4v) is 1.21. The van der Waals surface area contributed by atoms with Crippen LogP contribution in [0, 0.1) is 5.82 Å². The van der Waals surface area contributed by atoms with Crippen LogP contribution in [-0.2, 0) is 0 Å². The van der Waals surface area contributed by atoms with E-state index in [4.69, 9.17) is 5.73 Å². The Labute approximate surface area is 99.6 Å². The Morgan fingerprint density at radius 3 is 2.53 bits per heavy atom. The molecule has 17 heavy (non-hydrogen) atoms. The Hall–Kier alpha value is -1.62. The van der Waals surface area contributed by atoms with Crippen LogP contribution in [0.25, 0.3) is 0 Å². The molecule has 1 rings (SSSR count). The first-order valence-electron chi connectivity index (χ1n) is 5.29. The number of carbonyl (C=O) groups excluding carboxylic acids is 1. The topological polar surface area (TPSA) is 75.3 Å². The van der Waals surface area contributed by atoms with Crippen molar-refractivity contribution in [1.82, 2.24) is 5.32 Å². The summed E-state index contributed by atoms with van der Waals surface area (Å²) in [6.07, 6.45) is -0.725. The zero-order chi connectivity index (χ0) is 13.2. The van der Waals surface area contributed by atoms with Crippen molar-refractivity contribution in [1.29, 1.82) is 0 Å². The number of carbonyl (C=O) groups is 1. The van der Waals surface area contributed by atoms with Crippen molar-refractivity contribution in [3.05, 3.63) is 29.6 Å². The standard InChI is InChI=1S/C12H17FN2O2/c1-7(16)12(2,3)15-11(17)8-4-9(13)6-10(14)5-8/h4-7,16H,14H2,1-3H3,(H,15,17). The summed E-state index contributed by atoms with van der Waals surface area (Å²) < 4.78 is 13.1. The van der Waals surface area contributed by atoms with Gasteiger partial charge in [0.05, 0.1) is 11.6 Å². The molecule has 0 aliphatic heterocycles. The number of aliphatic hydroxyl groups is 1. The number of nitrogens with two attached hydrogens (primary N) is 1. The average Bonchev–Trinajstić information content (AvgIpc) is 2.15. The molecule has 1 unspecified atom stereocenters. The number of rotatable bonds is 3. The van der Waals surface area contributed by atoms with Crippen molar-refractivity contribution < 1.29 is 14.3 Å². The van der Waals surface area contributed by atoms with Gasteiger partial charge in [-0.25, -0.2) is 4.39 Å². The predicted octanol–water partition coefficient (Wildman–Crippen LogP) is 1.30. The predicted molar refractivity (Wildman–Crippen MR) is 64.0 cm³/mol. The second-order valence-corrected chi connectivity index (χ2v) is 4.63. The number of hydrogen-bond acceptors (Lipinski definition) is 3. The van der Waals surface area contributed by atoms with Crippen LogP contribution in [0.15, 0.2) is 18.2 Å². The molecule has 0 aromatic heterocycles. The number of nitrogens with one attached hydrogen (secondary N) is 1. The summed E-state index contributed by atoms with van der Waals surface area (Å²) in [6.45, 7) is 4.93. The molecular formula is C12H17FN2O2. The largest absolute Gasteiger partial charge is 0.399 e. The van der Waals surface area contributed by atoms with Crippen LogP contribution >= 0.6 is 0 Å². The van der Waals surface area contributed by atoms with Gasteiger partial charge in [0.15, 0.2) is 0 Å². The van der Waals surface area contributed by atoms with Crippen molar-refractivity contribution in [3.8, 4) is 0 Å². The maximum absolute atomic E-state index is 13.1. The van der Waals surface area contributed by atoms with Crippen LogP contribution in [0.4, 0.5) is 10.1 Å². The molecule has 94 valence electrons. The van der Waals surface area contributed by atoms with Gasteiger partial charge in [0.2, 0.25) is 0 Å². The number of amides is 1. The van der Waals surface area contributed by atoms with Crippen molar-refractivity contribution in [3.63, 3.8) is 0 Å². The van der Waals surface area contributed by atoms with Crippen molar-refractivity contribution in [2.45, 2.75) is 32.4 Å². The molecule has 0 fully saturated rings. The Morgan fingerprint density at radius 2 is 2.06 bits per heavy atom. The fraction of sp³-hybridized carbons (Fsp3) is 0.417. The van der Waals surface area contributed by atoms with E-state index >= 15 is 0 Å². The first kappa shape index (κ1) is 13.4. The van der Waals surface area contributed by atoms with Crippen LogP contribution in [0.1, 0.15) is 31.1 Å². The summed E-state index contributed by atoms with van der Waals surface area (Å²) >= 11 is 0. The number of anilines is 1. The van der Waals surface area contributed by atoms with E-state index in [1.54, 1.807) is 20.8 Å². The molecule has 0 heterocycles. The lowest BCUT2D eigenvalue weighted by Gasteiger charge is -2.29. The number of aliphatic hydroxyl groups excluding tert-OH is 1. The molecule has 0 aliphatic carbocycles. The zero-order valence-corrected chi connectivity index (χ0v) is 10.1. The van der Waals surface area contributed by atoms with E-state index in [2.05, 4.69) is 5.32 Å². The Morgan fingerprint density at radius 1 is 1.47 bits per heavy atom. The number of halogens is 1. The zero-order valence-electron chi connectivity index (χ0n) is 10.1. The fourth-order valence-electron chi connectivity index (χ4n) is 1.21. The van der Waals surface area contributed by atoms with Gasteiger partial charge in [-0.3, -0.25) is 4.79 Å². The molecule has 4 N–H and O–H groups in total. The van der Waals surface area contributed by atoms with Gasteiger partial charge in [-0.2, -0.15) is 0 Å². The van der Waals surface area contributed by atoms with Crippen molar-refractivity contribution in [2.75, 3.05) is 5.73 Å². The molecule has 0 radical (unpaired) electrons. The molecule has 0 saturated heterocycles. The smallest absolute Gasteiger partial charge is 0.251 e. The molecule has 1 aromatic carbocycles. The molecule has 0 aliphatic rings. The van der Waals surface area contributed by atoms with Crippen molar-refractivity contribution in [2.24, 2.45) is 0 Å². The quantitative estimate of drug-likeness (QED) is 0.697. The summed E-state index contributed by atoms with van der Waals surface area (Å²) in [7, 11) is 0. The van der Waals surface area contributed by atoms with Gasteiger partial charge in [-0.1, -0.05) is 0 Å². The lowest BCUT2D eigenvalue weighted by molar-refractivity contribution is 0.0709. The minimum absolute atomic E-state index is 0.135. The van der Waals surface area contributed by atoms with Gasteiger partial charge in [0.1, 0.15) is 5.82 Å². The lowest BCUT2D eigenvalue weighted by Crippen LogP contribution is -2.51. The van der Waals surface area contributed by atoms with E-state index in [-0.39, 0.29) is 11.3 Å². The summed E-state index contributed by atoms with van der Waals surface area (Å²) in [6, 6.07) is 3.62. The van der Waals surface area contributed by atoms with Crippen LogP contribution in [-0.4, -0.2) is 22.7 Å². The Kier molecular flexibility index (Phi) is 3.72. The third kappa shape index (κ3) is 3.42. The molecule has 1 aromatic rings. The van der Waals surface area contributed by atoms with E-state index in [1.165, 1.54) is 6.07 Å². The number of benzene rings is 1. The SMILES string of the molecule is CC(O)C(C)(C)NC(=O)c1cc(N)cc(F)c1. The highest BCUT2D eigenvalue weighted by Gasteiger charge is 2.26. The molecule has 1 atom stereocenters. The number of nitrogen functional groups attached to an aromatic ring is 1. The van der Waals surface area contributed by atoms with Gasteiger partial charge in [-0.15, -0.1) is 0 Å². The second-order valence-electron chi connectivity index (χ2n) is 4.63. The molecule has 4 nitrogen and oxygen atoms in total. The van der Waals surface area contributed by atoms with Crippen LogP contribution in [0.2, 0.25) is 0 Å². The Bertz CT molecular complexity index is 410. The van der Waals surface area contributed by atoms with Gasteiger partial charge >= 0.3 is 0 Å². The monoisotopic (exact) mass is 240 g/mol.